The molecule has 21 heavy (non-hydrogen) atoms. The Labute approximate surface area is 122 Å². The van der Waals surface area contributed by atoms with Crippen LogP contribution < -0.4 is 5.32 Å². The van der Waals surface area contributed by atoms with Gasteiger partial charge < -0.3 is 0 Å². The summed E-state index contributed by atoms with van der Waals surface area (Å²) in [5, 5.41) is 11.0. The number of hydrogen-bond acceptors (Lipinski definition) is 4. The first-order chi connectivity index (χ1) is 10.1. The van der Waals surface area contributed by atoms with Crippen molar-refractivity contribution >= 4 is 17.8 Å². The molecule has 1 aromatic carbocycles. The van der Waals surface area contributed by atoms with E-state index >= 15 is 0 Å². The van der Waals surface area contributed by atoms with Gasteiger partial charge in [0.15, 0.2) is 0 Å². The van der Waals surface area contributed by atoms with Gasteiger partial charge in [-0.1, -0.05) is 25.5 Å². The number of hydrogen-bond donors (Lipinski definition) is 1. The fraction of sp³-hybridized carbons (Fsp3) is 0.333. The number of benzene rings is 1. The van der Waals surface area contributed by atoms with Crippen LogP contribution in [-0.4, -0.2) is 22.7 Å². The van der Waals surface area contributed by atoms with Crippen molar-refractivity contribution in [2.75, 3.05) is 0 Å². The monoisotopic (exact) mass is 285 g/mol. The summed E-state index contributed by atoms with van der Waals surface area (Å²) in [4.78, 5) is 36.8. The van der Waals surface area contributed by atoms with Crippen molar-refractivity contribution in [3.05, 3.63) is 35.4 Å². The topological polar surface area (TPSA) is 90.3 Å². The van der Waals surface area contributed by atoms with Gasteiger partial charge in [-0.05, 0) is 24.1 Å². The number of urea groups is 1. The van der Waals surface area contributed by atoms with Crippen molar-refractivity contribution in [3.8, 4) is 6.07 Å². The number of nitrogens with one attached hydrogen (secondary N) is 1. The summed E-state index contributed by atoms with van der Waals surface area (Å²) >= 11 is 0. The van der Waals surface area contributed by atoms with Crippen molar-refractivity contribution in [1.82, 2.24) is 10.2 Å². The van der Waals surface area contributed by atoms with E-state index in [1.54, 1.807) is 24.3 Å². The Hall–Kier alpha value is -2.68. The van der Waals surface area contributed by atoms with Crippen LogP contribution in [0.2, 0.25) is 0 Å². The smallest absolute Gasteiger partial charge is 0.277 e. The summed E-state index contributed by atoms with van der Waals surface area (Å²) in [6.45, 7) is 1.96. The Morgan fingerprint density at radius 2 is 1.90 bits per heavy atom. The Morgan fingerprint density at radius 3 is 2.48 bits per heavy atom. The highest BCUT2D eigenvalue weighted by atomic mass is 16.2. The summed E-state index contributed by atoms with van der Waals surface area (Å²) in [5.74, 6) is -1.79. The first kappa shape index (κ1) is 14.7. The second-order valence-electron chi connectivity index (χ2n) is 4.87. The van der Waals surface area contributed by atoms with Crippen LogP contribution in [0.1, 0.15) is 30.9 Å². The molecule has 1 N–H and O–H groups in total. The van der Waals surface area contributed by atoms with Crippen LogP contribution in [0.15, 0.2) is 24.3 Å². The van der Waals surface area contributed by atoms with Crippen LogP contribution in [0.3, 0.4) is 0 Å². The zero-order valence-electron chi connectivity index (χ0n) is 11.6. The minimum atomic E-state index is -0.800. The fourth-order valence-corrected chi connectivity index (χ4v) is 2.22. The van der Waals surface area contributed by atoms with Gasteiger partial charge in [0.2, 0.25) is 11.8 Å². The van der Waals surface area contributed by atoms with Crippen LogP contribution in [0.4, 0.5) is 4.79 Å². The lowest BCUT2D eigenvalue weighted by molar-refractivity contribution is -0.143. The Morgan fingerprint density at radius 1 is 1.24 bits per heavy atom. The van der Waals surface area contributed by atoms with Crippen molar-refractivity contribution in [3.63, 3.8) is 0 Å². The zero-order chi connectivity index (χ0) is 15.4. The number of rotatable bonds is 4. The van der Waals surface area contributed by atoms with Crippen LogP contribution >= 0.6 is 0 Å². The standard InChI is InChI=1S/C15H15N3O3/c1-2-3-12-13(19)17-15(21)18(14(12)20)9-11-6-4-10(8-16)5-7-11/h4-7,12H,2-3,9H2,1H3,(H,17,19,21). The molecule has 1 fully saturated rings. The van der Waals surface area contributed by atoms with Crippen LogP contribution in [-0.2, 0) is 16.1 Å². The molecular weight excluding hydrogens is 270 g/mol. The maximum Gasteiger partial charge on any atom is 0.331 e. The number of carbonyl (C=O) groups excluding carboxylic acids is 3. The van der Waals surface area contributed by atoms with Gasteiger partial charge in [-0.3, -0.25) is 19.8 Å². The number of nitriles is 1. The fourth-order valence-electron chi connectivity index (χ4n) is 2.22. The minimum absolute atomic E-state index is 0.0872. The molecule has 4 amide bonds. The molecule has 0 spiro atoms. The summed E-state index contributed by atoms with van der Waals surface area (Å²) in [6, 6.07) is 7.92. The predicted molar refractivity (Wildman–Crippen MR) is 73.6 cm³/mol. The highest BCUT2D eigenvalue weighted by molar-refractivity contribution is 6.16. The molecule has 1 aromatic rings. The van der Waals surface area contributed by atoms with E-state index in [0.29, 0.717) is 18.4 Å². The maximum absolute atomic E-state index is 12.3. The lowest BCUT2D eigenvalue weighted by Crippen LogP contribution is -2.57. The SMILES string of the molecule is CCCC1C(=O)NC(=O)N(Cc2ccc(C#N)cc2)C1=O. The number of nitrogens with zero attached hydrogens (tertiary/aromatic N) is 2. The van der Waals surface area contributed by atoms with Crippen molar-refractivity contribution in [2.24, 2.45) is 5.92 Å². The third-order valence-electron chi connectivity index (χ3n) is 3.36. The highest BCUT2D eigenvalue weighted by Crippen LogP contribution is 2.18. The van der Waals surface area contributed by atoms with E-state index in [9.17, 15) is 14.4 Å². The second-order valence-corrected chi connectivity index (χ2v) is 4.87. The molecule has 0 aromatic heterocycles. The van der Waals surface area contributed by atoms with Gasteiger partial charge in [0.1, 0.15) is 5.92 Å². The molecule has 6 heteroatoms. The van der Waals surface area contributed by atoms with E-state index in [0.717, 1.165) is 10.5 Å². The molecule has 1 heterocycles. The number of barbiturate groups is 1. The summed E-state index contributed by atoms with van der Waals surface area (Å²) < 4.78 is 0. The van der Waals surface area contributed by atoms with E-state index in [1.807, 2.05) is 13.0 Å². The first-order valence-corrected chi connectivity index (χ1v) is 6.72. The van der Waals surface area contributed by atoms with Crippen LogP contribution in [0.5, 0.6) is 0 Å². The molecule has 1 aliphatic rings. The van der Waals surface area contributed by atoms with E-state index in [2.05, 4.69) is 5.32 Å². The first-order valence-electron chi connectivity index (χ1n) is 6.72. The summed E-state index contributed by atoms with van der Waals surface area (Å²) in [5.41, 5.74) is 1.23. The number of carbonyl (C=O) groups is 3. The van der Waals surface area contributed by atoms with Gasteiger partial charge in [0.05, 0.1) is 18.2 Å². The third kappa shape index (κ3) is 3.08. The van der Waals surface area contributed by atoms with Crippen molar-refractivity contribution in [2.45, 2.75) is 26.3 Å². The highest BCUT2D eigenvalue weighted by Gasteiger charge is 2.39. The third-order valence-corrected chi connectivity index (χ3v) is 3.36. The van der Waals surface area contributed by atoms with Gasteiger partial charge in [-0.15, -0.1) is 0 Å². The molecule has 0 bridgehead atoms. The lowest BCUT2D eigenvalue weighted by atomic mass is 9.99. The number of amides is 4. The second kappa shape index (κ2) is 6.18. The molecule has 0 saturated carbocycles. The lowest BCUT2D eigenvalue weighted by Gasteiger charge is -2.30. The Kier molecular flexibility index (Phi) is 4.33. The van der Waals surface area contributed by atoms with Crippen LogP contribution in [0, 0.1) is 17.2 Å². The van der Waals surface area contributed by atoms with E-state index in [1.165, 1.54) is 0 Å². The van der Waals surface area contributed by atoms with Crippen LogP contribution in [0.25, 0.3) is 0 Å². The summed E-state index contributed by atoms with van der Waals surface area (Å²) in [6.07, 6.45) is 1.10. The molecular formula is C15H15N3O3. The summed E-state index contributed by atoms with van der Waals surface area (Å²) in [7, 11) is 0. The Balaban J connectivity index is 2.17. The Bertz CT molecular complexity index is 616. The molecule has 6 nitrogen and oxygen atoms in total. The molecule has 1 saturated heterocycles. The van der Waals surface area contributed by atoms with Gasteiger partial charge >= 0.3 is 6.03 Å². The quantitative estimate of drug-likeness (QED) is 0.850. The minimum Gasteiger partial charge on any atom is -0.277 e. The predicted octanol–water partition coefficient (Wildman–Crippen LogP) is 1.55. The zero-order valence-corrected chi connectivity index (χ0v) is 11.6. The largest absolute Gasteiger partial charge is 0.331 e. The molecule has 108 valence electrons. The maximum atomic E-state index is 12.3. The molecule has 2 rings (SSSR count). The average molecular weight is 285 g/mol. The van der Waals surface area contributed by atoms with E-state index in [4.69, 9.17) is 5.26 Å². The van der Waals surface area contributed by atoms with Gasteiger partial charge in [0, 0.05) is 0 Å². The molecule has 1 atom stereocenters. The normalized spacial score (nSPS) is 18.4. The van der Waals surface area contributed by atoms with Crippen molar-refractivity contribution < 1.29 is 14.4 Å². The van der Waals surface area contributed by atoms with Gasteiger partial charge in [0.25, 0.3) is 0 Å². The number of imide groups is 2. The van der Waals surface area contributed by atoms with Crippen molar-refractivity contribution in [1.29, 1.82) is 5.26 Å². The van der Waals surface area contributed by atoms with Gasteiger partial charge in [-0.25, -0.2) is 4.79 Å². The van der Waals surface area contributed by atoms with E-state index in [-0.39, 0.29) is 6.54 Å². The average Bonchev–Trinajstić information content (AvgIpc) is 2.48. The van der Waals surface area contributed by atoms with E-state index < -0.39 is 23.8 Å². The molecule has 1 aliphatic heterocycles. The molecule has 0 aliphatic carbocycles. The molecule has 0 radical (unpaired) electrons. The van der Waals surface area contributed by atoms with Gasteiger partial charge in [-0.2, -0.15) is 5.26 Å². The molecule has 1 unspecified atom stereocenters.